The summed E-state index contributed by atoms with van der Waals surface area (Å²) >= 11 is 0. The molecule has 1 aromatic carbocycles. The van der Waals surface area contributed by atoms with Gasteiger partial charge in [-0.25, -0.2) is 0 Å². The van der Waals surface area contributed by atoms with Gasteiger partial charge < -0.3 is 20.5 Å². The first kappa shape index (κ1) is 16.5. The number of methoxy groups -OCH3 is 1. The summed E-state index contributed by atoms with van der Waals surface area (Å²) in [6.45, 7) is 3.52. The standard InChI is InChI=1S/C15H24N2O3/c1-12(16)3-8-15(18)17-11-13-4-6-14(7-5-13)20-10-9-19-2/h4-7,12H,3,8-11,16H2,1-2H3,(H,17,18). The van der Waals surface area contributed by atoms with Crippen LogP contribution in [0.4, 0.5) is 0 Å². The predicted octanol–water partition coefficient (Wildman–Crippen LogP) is 1.46. The van der Waals surface area contributed by atoms with Crippen LogP contribution >= 0.6 is 0 Å². The van der Waals surface area contributed by atoms with Crippen LogP contribution in [0.5, 0.6) is 5.75 Å². The molecular formula is C15H24N2O3. The van der Waals surface area contributed by atoms with E-state index in [9.17, 15) is 4.79 Å². The first-order valence-corrected chi connectivity index (χ1v) is 6.84. The smallest absolute Gasteiger partial charge is 0.220 e. The molecule has 0 radical (unpaired) electrons. The fourth-order valence-electron chi connectivity index (χ4n) is 1.59. The molecule has 20 heavy (non-hydrogen) atoms. The molecule has 0 saturated carbocycles. The van der Waals surface area contributed by atoms with Crippen LogP contribution in [-0.4, -0.2) is 32.3 Å². The van der Waals surface area contributed by atoms with Gasteiger partial charge in [-0.05, 0) is 31.0 Å². The number of ether oxygens (including phenoxy) is 2. The van der Waals surface area contributed by atoms with Crippen molar-refractivity contribution in [2.24, 2.45) is 5.73 Å². The number of carbonyl (C=O) groups is 1. The molecule has 0 aromatic heterocycles. The number of hydrogen-bond donors (Lipinski definition) is 2. The first-order valence-electron chi connectivity index (χ1n) is 6.84. The van der Waals surface area contributed by atoms with Gasteiger partial charge in [-0.3, -0.25) is 4.79 Å². The van der Waals surface area contributed by atoms with Gasteiger partial charge >= 0.3 is 0 Å². The number of carbonyl (C=O) groups excluding carboxylic acids is 1. The average molecular weight is 280 g/mol. The van der Waals surface area contributed by atoms with E-state index in [0.29, 0.717) is 32.6 Å². The molecule has 0 saturated heterocycles. The largest absolute Gasteiger partial charge is 0.491 e. The van der Waals surface area contributed by atoms with Gasteiger partial charge in [0.05, 0.1) is 6.61 Å². The third-order valence-electron chi connectivity index (χ3n) is 2.80. The second-order valence-corrected chi connectivity index (χ2v) is 4.78. The second-order valence-electron chi connectivity index (χ2n) is 4.78. The van der Waals surface area contributed by atoms with Crippen molar-refractivity contribution < 1.29 is 14.3 Å². The molecule has 1 unspecified atom stereocenters. The lowest BCUT2D eigenvalue weighted by Crippen LogP contribution is -2.25. The first-order chi connectivity index (χ1) is 9.61. The minimum absolute atomic E-state index is 0.0303. The van der Waals surface area contributed by atoms with Crippen LogP contribution in [0.3, 0.4) is 0 Å². The van der Waals surface area contributed by atoms with Crippen LogP contribution in [0.1, 0.15) is 25.3 Å². The molecule has 0 fully saturated rings. The lowest BCUT2D eigenvalue weighted by molar-refractivity contribution is -0.121. The Morgan fingerprint density at radius 2 is 2.00 bits per heavy atom. The third kappa shape index (κ3) is 7.11. The molecule has 1 aromatic rings. The summed E-state index contributed by atoms with van der Waals surface area (Å²) in [6.07, 6.45) is 1.17. The Morgan fingerprint density at radius 1 is 1.30 bits per heavy atom. The van der Waals surface area contributed by atoms with Crippen LogP contribution in [0, 0.1) is 0 Å². The summed E-state index contributed by atoms with van der Waals surface area (Å²) in [5.74, 6) is 0.830. The van der Waals surface area contributed by atoms with E-state index in [1.165, 1.54) is 0 Å². The highest BCUT2D eigenvalue weighted by Gasteiger charge is 2.03. The molecule has 5 heteroatoms. The lowest BCUT2D eigenvalue weighted by Gasteiger charge is -2.08. The summed E-state index contributed by atoms with van der Waals surface area (Å²) in [7, 11) is 1.64. The van der Waals surface area contributed by atoms with E-state index in [0.717, 1.165) is 11.3 Å². The highest BCUT2D eigenvalue weighted by Crippen LogP contribution is 2.12. The molecule has 5 nitrogen and oxygen atoms in total. The Labute approximate surface area is 120 Å². The summed E-state index contributed by atoms with van der Waals surface area (Å²) in [6, 6.07) is 7.71. The molecule has 0 aliphatic rings. The van der Waals surface area contributed by atoms with E-state index in [4.69, 9.17) is 15.2 Å². The zero-order chi connectivity index (χ0) is 14.8. The Balaban J connectivity index is 2.28. The van der Waals surface area contributed by atoms with E-state index >= 15 is 0 Å². The maximum Gasteiger partial charge on any atom is 0.220 e. The number of amides is 1. The summed E-state index contributed by atoms with van der Waals surface area (Å²) in [5, 5.41) is 2.87. The number of benzene rings is 1. The zero-order valence-corrected chi connectivity index (χ0v) is 12.2. The van der Waals surface area contributed by atoms with Gasteiger partial charge in [0, 0.05) is 26.1 Å². The van der Waals surface area contributed by atoms with Gasteiger partial charge in [-0.1, -0.05) is 12.1 Å². The fraction of sp³-hybridized carbons (Fsp3) is 0.533. The predicted molar refractivity (Wildman–Crippen MR) is 78.5 cm³/mol. The average Bonchev–Trinajstić information content (AvgIpc) is 2.44. The lowest BCUT2D eigenvalue weighted by atomic mass is 10.2. The van der Waals surface area contributed by atoms with E-state index in [2.05, 4.69) is 5.32 Å². The number of rotatable bonds is 9. The third-order valence-corrected chi connectivity index (χ3v) is 2.80. The van der Waals surface area contributed by atoms with Gasteiger partial charge in [0.25, 0.3) is 0 Å². The molecule has 1 amide bonds. The van der Waals surface area contributed by atoms with Crippen molar-refractivity contribution in [3.05, 3.63) is 29.8 Å². The van der Waals surface area contributed by atoms with Gasteiger partial charge in [0.2, 0.25) is 5.91 Å². The van der Waals surface area contributed by atoms with Crippen molar-refractivity contribution in [1.82, 2.24) is 5.32 Å². The molecule has 0 heterocycles. The summed E-state index contributed by atoms with van der Waals surface area (Å²) < 4.78 is 10.4. The Morgan fingerprint density at radius 3 is 2.60 bits per heavy atom. The Bertz CT molecular complexity index is 391. The molecule has 0 spiro atoms. The number of nitrogens with one attached hydrogen (secondary N) is 1. The minimum Gasteiger partial charge on any atom is -0.491 e. The number of hydrogen-bond acceptors (Lipinski definition) is 4. The van der Waals surface area contributed by atoms with Gasteiger partial charge in [0.15, 0.2) is 0 Å². The molecule has 0 bridgehead atoms. The van der Waals surface area contributed by atoms with Crippen LogP contribution in [0.15, 0.2) is 24.3 Å². The molecule has 3 N–H and O–H groups in total. The van der Waals surface area contributed by atoms with Crippen molar-refractivity contribution in [3.63, 3.8) is 0 Å². The van der Waals surface area contributed by atoms with Crippen molar-refractivity contribution in [2.45, 2.75) is 32.4 Å². The monoisotopic (exact) mass is 280 g/mol. The second kappa shape index (κ2) is 9.34. The summed E-state index contributed by atoms with van der Waals surface area (Å²) in [5.41, 5.74) is 6.65. The van der Waals surface area contributed by atoms with Crippen LogP contribution in [0.25, 0.3) is 0 Å². The van der Waals surface area contributed by atoms with Gasteiger partial charge in [0.1, 0.15) is 12.4 Å². The minimum atomic E-state index is 0.0303. The highest BCUT2D eigenvalue weighted by molar-refractivity contribution is 5.75. The number of nitrogens with two attached hydrogens (primary N) is 1. The molecule has 1 atom stereocenters. The van der Waals surface area contributed by atoms with E-state index in [-0.39, 0.29) is 11.9 Å². The van der Waals surface area contributed by atoms with E-state index < -0.39 is 0 Å². The van der Waals surface area contributed by atoms with Gasteiger partial charge in [-0.15, -0.1) is 0 Å². The zero-order valence-electron chi connectivity index (χ0n) is 12.2. The normalized spacial score (nSPS) is 11.9. The highest BCUT2D eigenvalue weighted by atomic mass is 16.5. The van der Waals surface area contributed by atoms with Crippen molar-refractivity contribution in [1.29, 1.82) is 0 Å². The van der Waals surface area contributed by atoms with Crippen molar-refractivity contribution >= 4 is 5.91 Å². The SMILES string of the molecule is COCCOc1ccc(CNC(=O)CCC(C)N)cc1. The topological polar surface area (TPSA) is 73.6 Å². The molecular weight excluding hydrogens is 256 g/mol. The maximum absolute atomic E-state index is 11.6. The van der Waals surface area contributed by atoms with Crippen molar-refractivity contribution in [2.75, 3.05) is 20.3 Å². The maximum atomic E-state index is 11.6. The fourth-order valence-corrected chi connectivity index (χ4v) is 1.59. The van der Waals surface area contributed by atoms with Crippen LogP contribution < -0.4 is 15.8 Å². The Kier molecular flexibility index (Phi) is 7.69. The Hall–Kier alpha value is -1.59. The molecule has 0 aliphatic heterocycles. The van der Waals surface area contributed by atoms with E-state index in [1.807, 2.05) is 31.2 Å². The molecule has 0 aliphatic carbocycles. The molecule has 1 rings (SSSR count). The summed E-state index contributed by atoms with van der Waals surface area (Å²) in [4.78, 5) is 11.6. The van der Waals surface area contributed by atoms with Crippen LogP contribution in [0.2, 0.25) is 0 Å². The molecule has 112 valence electrons. The van der Waals surface area contributed by atoms with E-state index in [1.54, 1.807) is 7.11 Å². The van der Waals surface area contributed by atoms with Crippen LogP contribution in [-0.2, 0) is 16.1 Å². The quantitative estimate of drug-likeness (QED) is 0.672. The van der Waals surface area contributed by atoms with Gasteiger partial charge in [-0.2, -0.15) is 0 Å². The van der Waals surface area contributed by atoms with Crippen molar-refractivity contribution in [3.8, 4) is 5.75 Å².